The van der Waals surface area contributed by atoms with Gasteiger partial charge in [0.2, 0.25) is 5.56 Å². The molecule has 1 atom stereocenters. The molecule has 1 unspecified atom stereocenters. The Bertz CT molecular complexity index is 682. The van der Waals surface area contributed by atoms with E-state index in [1.807, 2.05) is 0 Å². The summed E-state index contributed by atoms with van der Waals surface area (Å²) in [4.78, 5) is 22.2. The zero-order valence-corrected chi connectivity index (χ0v) is 13.0. The summed E-state index contributed by atoms with van der Waals surface area (Å²) in [6.07, 6.45) is 6.63. The Labute approximate surface area is 134 Å². The molecule has 2 aromatic heterocycles. The van der Waals surface area contributed by atoms with Gasteiger partial charge in [0, 0.05) is 30.9 Å². The molecule has 0 saturated carbocycles. The van der Waals surface area contributed by atoms with E-state index < -0.39 is 0 Å². The molecule has 124 valence electrons. The van der Waals surface area contributed by atoms with Crippen LogP contribution in [0.25, 0.3) is 11.0 Å². The summed E-state index contributed by atoms with van der Waals surface area (Å²) in [6.45, 7) is 1.98. The van der Waals surface area contributed by atoms with E-state index >= 15 is 0 Å². The van der Waals surface area contributed by atoms with Crippen molar-refractivity contribution in [3.8, 4) is 6.01 Å². The van der Waals surface area contributed by atoms with Crippen molar-refractivity contribution >= 4 is 11.0 Å². The monoisotopic (exact) mass is 319 g/mol. The smallest absolute Gasteiger partial charge is 0.318 e. The number of ether oxygens (including phenoxy) is 3. The maximum absolute atomic E-state index is 11.3. The van der Waals surface area contributed by atoms with Gasteiger partial charge in [-0.3, -0.25) is 4.79 Å². The van der Waals surface area contributed by atoms with Crippen molar-refractivity contribution in [2.24, 2.45) is 0 Å². The third kappa shape index (κ3) is 4.74. The molecular weight excluding hydrogens is 298 g/mol. The van der Waals surface area contributed by atoms with Gasteiger partial charge in [0.1, 0.15) is 5.65 Å². The van der Waals surface area contributed by atoms with Crippen molar-refractivity contribution in [2.75, 3.05) is 19.8 Å². The second kappa shape index (κ2) is 8.03. The molecule has 1 N–H and O–H groups in total. The summed E-state index contributed by atoms with van der Waals surface area (Å²) < 4.78 is 16.7. The molecule has 1 fully saturated rings. The minimum absolute atomic E-state index is 0.0367. The Morgan fingerprint density at radius 3 is 3.04 bits per heavy atom. The molecular formula is C16H21N3O4. The summed E-state index contributed by atoms with van der Waals surface area (Å²) in [5, 5.41) is 0.776. The van der Waals surface area contributed by atoms with Crippen LogP contribution in [0.15, 0.2) is 23.1 Å². The predicted octanol–water partition coefficient (Wildman–Crippen LogP) is 2.02. The van der Waals surface area contributed by atoms with Gasteiger partial charge in [-0.15, -0.1) is 0 Å². The van der Waals surface area contributed by atoms with Crippen LogP contribution in [-0.4, -0.2) is 41.1 Å². The standard InChI is InChI=1S/C16H21N3O4/c20-13-7-6-12-11-17-16(19-15(12)18-13)23-10-4-3-9-22-14-5-1-2-8-21-14/h6-7,11,14H,1-5,8-10H2,(H,17,18,19,20). The lowest BCUT2D eigenvalue weighted by Gasteiger charge is -2.22. The van der Waals surface area contributed by atoms with E-state index in [9.17, 15) is 4.79 Å². The van der Waals surface area contributed by atoms with Gasteiger partial charge in [-0.1, -0.05) is 0 Å². The van der Waals surface area contributed by atoms with Crippen LogP contribution < -0.4 is 10.3 Å². The average molecular weight is 319 g/mol. The fourth-order valence-corrected chi connectivity index (χ4v) is 2.42. The number of pyridine rings is 1. The molecule has 3 rings (SSSR count). The zero-order chi connectivity index (χ0) is 15.9. The molecule has 7 nitrogen and oxygen atoms in total. The Morgan fingerprint density at radius 2 is 2.17 bits per heavy atom. The molecule has 1 saturated heterocycles. The lowest BCUT2D eigenvalue weighted by molar-refractivity contribution is -0.162. The van der Waals surface area contributed by atoms with Crippen molar-refractivity contribution in [1.82, 2.24) is 15.0 Å². The summed E-state index contributed by atoms with van der Waals surface area (Å²) >= 11 is 0. The number of aromatic amines is 1. The van der Waals surface area contributed by atoms with Crippen LogP contribution in [-0.2, 0) is 9.47 Å². The third-order valence-corrected chi connectivity index (χ3v) is 3.66. The van der Waals surface area contributed by atoms with Crippen LogP contribution in [0.5, 0.6) is 6.01 Å². The maximum Gasteiger partial charge on any atom is 0.318 e. The number of aromatic nitrogens is 3. The minimum atomic E-state index is -0.191. The van der Waals surface area contributed by atoms with E-state index in [4.69, 9.17) is 14.2 Å². The zero-order valence-electron chi connectivity index (χ0n) is 13.0. The number of fused-ring (bicyclic) bond motifs is 1. The van der Waals surface area contributed by atoms with Crippen molar-refractivity contribution in [1.29, 1.82) is 0 Å². The van der Waals surface area contributed by atoms with E-state index in [0.29, 0.717) is 18.9 Å². The number of nitrogens with zero attached hydrogens (tertiary/aromatic N) is 2. The lowest BCUT2D eigenvalue weighted by atomic mass is 10.2. The highest BCUT2D eigenvalue weighted by atomic mass is 16.7. The normalized spacial score (nSPS) is 18.2. The first-order valence-electron chi connectivity index (χ1n) is 8.03. The van der Waals surface area contributed by atoms with Crippen LogP contribution in [0.1, 0.15) is 32.1 Å². The van der Waals surface area contributed by atoms with Gasteiger partial charge >= 0.3 is 6.01 Å². The van der Waals surface area contributed by atoms with Gasteiger partial charge in [-0.25, -0.2) is 4.98 Å². The van der Waals surface area contributed by atoms with E-state index in [0.717, 1.165) is 37.7 Å². The van der Waals surface area contributed by atoms with Crippen LogP contribution in [0.2, 0.25) is 0 Å². The van der Waals surface area contributed by atoms with E-state index in [1.54, 1.807) is 12.3 Å². The molecule has 1 aliphatic heterocycles. The molecule has 0 aliphatic carbocycles. The van der Waals surface area contributed by atoms with Gasteiger partial charge in [-0.2, -0.15) is 4.98 Å². The Morgan fingerprint density at radius 1 is 1.26 bits per heavy atom. The molecule has 0 bridgehead atoms. The van der Waals surface area contributed by atoms with Crippen molar-refractivity contribution < 1.29 is 14.2 Å². The van der Waals surface area contributed by atoms with Gasteiger partial charge in [0.05, 0.1) is 6.61 Å². The second-order valence-corrected chi connectivity index (χ2v) is 5.50. The first kappa shape index (κ1) is 15.9. The number of rotatable bonds is 7. The summed E-state index contributed by atoms with van der Waals surface area (Å²) in [6, 6.07) is 3.40. The Balaban J connectivity index is 1.37. The molecule has 1 aliphatic rings. The van der Waals surface area contributed by atoms with Gasteiger partial charge < -0.3 is 19.2 Å². The SMILES string of the molecule is O=c1ccc2cnc(OCCCCOC3CCCCO3)nc2[nH]1. The largest absolute Gasteiger partial charge is 0.463 e. The summed E-state index contributed by atoms with van der Waals surface area (Å²) in [5.74, 6) is 0. The van der Waals surface area contributed by atoms with Crippen molar-refractivity contribution in [2.45, 2.75) is 38.4 Å². The number of H-pyrrole nitrogens is 1. The highest BCUT2D eigenvalue weighted by molar-refractivity contribution is 5.73. The van der Waals surface area contributed by atoms with Gasteiger partial charge in [0.15, 0.2) is 6.29 Å². The molecule has 3 heterocycles. The first-order chi connectivity index (χ1) is 11.3. The molecule has 0 spiro atoms. The molecule has 23 heavy (non-hydrogen) atoms. The van der Waals surface area contributed by atoms with Crippen molar-refractivity contribution in [3.05, 3.63) is 28.7 Å². The number of hydrogen-bond acceptors (Lipinski definition) is 6. The van der Waals surface area contributed by atoms with Crippen molar-refractivity contribution in [3.63, 3.8) is 0 Å². The fourth-order valence-electron chi connectivity index (χ4n) is 2.42. The highest BCUT2D eigenvalue weighted by Crippen LogP contribution is 2.14. The Hall–Kier alpha value is -1.99. The number of unbranched alkanes of at least 4 members (excludes halogenated alkanes) is 1. The second-order valence-electron chi connectivity index (χ2n) is 5.50. The fraction of sp³-hybridized carbons (Fsp3) is 0.562. The first-order valence-corrected chi connectivity index (χ1v) is 8.03. The topological polar surface area (TPSA) is 86.3 Å². The van der Waals surface area contributed by atoms with Crippen LogP contribution in [0.4, 0.5) is 0 Å². The average Bonchev–Trinajstić information content (AvgIpc) is 2.58. The maximum atomic E-state index is 11.3. The third-order valence-electron chi connectivity index (χ3n) is 3.66. The minimum Gasteiger partial charge on any atom is -0.463 e. The molecule has 7 heteroatoms. The number of hydrogen-bond donors (Lipinski definition) is 1. The van der Waals surface area contributed by atoms with E-state index in [-0.39, 0.29) is 17.9 Å². The van der Waals surface area contributed by atoms with Crippen LogP contribution in [0.3, 0.4) is 0 Å². The van der Waals surface area contributed by atoms with Gasteiger partial charge in [0.25, 0.3) is 0 Å². The molecule has 0 aromatic carbocycles. The Kier molecular flexibility index (Phi) is 5.55. The van der Waals surface area contributed by atoms with E-state index in [2.05, 4.69) is 15.0 Å². The lowest BCUT2D eigenvalue weighted by Crippen LogP contribution is -2.22. The molecule has 0 amide bonds. The molecule has 0 radical (unpaired) electrons. The highest BCUT2D eigenvalue weighted by Gasteiger charge is 2.13. The summed E-state index contributed by atoms with van der Waals surface area (Å²) in [5.41, 5.74) is 0.296. The predicted molar refractivity (Wildman–Crippen MR) is 84.4 cm³/mol. The summed E-state index contributed by atoms with van der Waals surface area (Å²) in [7, 11) is 0. The van der Waals surface area contributed by atoms with E-state index in [1.165, 1.54) is 12.5 Å². The van der Waals surface area contributed by atoms with Crippen LogP contribution >= 0.6 is 0 Å². The number of nitrogens with one attached hydrogen (secondary N) is 1. The van der Waals surface area contributed by atoms with Gasteiger partial charge in [-0.05, 0) is 38.2 Å². The molecule has 2 aromatic rings. The van der Waals surface area contributed by atoms with Crippen LogP contribution in [0, 0.1) is 0 Å². The quantitative estimate of drug-likeness (QED) is 0.786.